The van der Waals surface area contributed by atoms with Crippen molar-refractivity contribution >= 4 is 74.3 Å². The molecule has 4 aromatic rings. The molecule has 3 heterocycles. The summed E-state index contributed by atoms with van der Waals surface area (Å²) >= 11 is 0. The van der Waals surface area contributed by atoms with Crippen molar-refractivity contribution in [1.82, 2.24) is 70.7 Å². The molecular weight excluding hydrogens is 1250 g/mol. The third kappa shape index (κ3) is 28.8. The average Bonchev–Trinajstić information content (AvgIpc) is 0.993. The fourth-order valence-electron chi connectivity index (χ4n) is 10.2. The molecule has 522 valence electrons. The fourth-order valence-corrected chi connectivity index (χ4v) is 11.8. The number of benzene rings is 2. The van der Waals surface area contributed by atoms with E-state index in [-0.39, 0.29) is 74.3 Å². The third-order valence-electron chi connectivity index (χ3n) is 15.2. The van der Waals surface area contributed by atoms with Crippen LogP contribution in [0.1, 0.15) is 73.4 Å². The van der Waals surface area contributed by atoms with Crippen molar-refractivity contribution in [2.24, 2.45) is 0 Å². The predicted molar refractivity (Wildman–Crippen MR) is 346 cm³/mol. The Morgan fingerprint density at radius 2 is 1.26 bits per heavy atom. The Balaban J connectivity index is 0.896. The highest BCUT2D eigenvalue weighted by molar-refractivity contribution is 7.89. The lowest BCUT2D eigenvalue weighted by atomic mass is 10.1. The van der Waals surface area contributed by atoms with Crippen LogP contribution in [-0.4, -0.2) is 281 Å². The van der Waals surface area contributed by atoms with Gasteiger partial charge in [0.05, 0.1) is 69.3 Å². The first-order valence-electron chi connectivity index (χ1n) is 31.7. The van der Waals surface area contributed by atoms with Gasteiger partial charge >= 0.3 is 17.9 Å². The molecular formula is C61H95N15O17S. The number of aromatic nitrogens is 4. The number of carboxylic acid groups (broad SMARTS) is 3. The molecule has 2 aromatic carbocycles. The number of carbonyl (C=O) groups is 8. The van der Waals surface area contributed by atoms with Crippen molar-refractivity contribution in [3.63, 3.8) is 0 Å². The molecule has 32 nitrogen and oxygen atoms in total. The number of ether oxygens (including phenoxy) is 4. The summed E-state index contributed by atoms with van der Waals surface area (Å²) in [5.74, 6) is -4.37. The highest BCUT2D eigenvalue weighted by Gasteiger charge is 2.30. The van der Waals surface area contributed by atoms with Crippen LogP contribution in [-0.2, 0) is 64.3 Å². The molecule has 0 unspecified atom stereocenters. The van der Waals surface area contributed by atoms with Crippen LogP contribution >= 0.6 is 0 Å². The van der Waals surface area contributed by atoms with Crippen molar-refractivity contribution in [1.29, 1.82) is 0 Å². The zero-order valence-electron chi connectivity index (χ0n) is 54.3. The summed E-state index contributed by atoms with van der Waals surface area (Å²) in [6, 6.07) is 5.31. The number of fused-ring (bicyclic) bond motifs is 1. The van der Waals surface area contributed by atoms with E-state index in [1.807, 2.05) is 16.5 Å². The highest BCUT2D eigenvalue weighted by atomic mass is 32.2. The van der Waals surface area contributed by atoms with Crippen LogP contribution in [0, 0.1) is 13.8 Å². The zero-order valence-corrected chi connectivity index (χ0v) is 55.1. The number of imidazole rings is 1. The number of aryl methyl sites for hydroxylation is 3. The fraction of sp³-hybridized carbons (Fsp3) is 0.607. The van der Waals surface area contributed by atoms with Crippen LogP contribution in [0.2, 0.25) is 0 Å². The second-order valence-electron chi connectivity index (χ2n) is 22.5. The summed E-state index contributed by atoms with van der Waals surface area (Å²) in [6.07, 6.45) is 7.43. The quantitative estimate of drug-likeness (QED) is 0.0253. The summed E-state index contributed by atoms with van der Waals surface area (Å²) < 4.78 is 54.0. The van der Waals surface area contributed by atoms with Crippen molar-refractivity contribution in [2.45, 2.75) is 89.2 Å². The second-order valence-corrected chi connectivity index (χ2v) is 24.1. The summed E-state index contributed by atoms with van der Waals surface area (Å²) in [5.41, 5.74) is 1.65. The molecule has 0 radical (unpaired) electrons. The number of likely N-dealkylation sites (N-methyl/N-ethyl adjacent to an activating group) is 1. The van der Waals surface area contributed by atoms with Crippen LogP contribution in [0.3, 0.4) is 0 Å². The summed E-state index contributed by atoms with van der Waals surface area (Å²) in [4.78, 5) is 115. The molecule has 2 atom stereocenters. The number of hydrogen-bond donors (Lipinski definition) is 11. The first-order valence-corrected chi connectivity index (χ1v) is 33.2. The molecule has 1 aliphatic rings. The molecule has 0 saturated carbocycles. The molecule has 33 heteroatoms. The molecule has 0 aliphatic carbocycles. The number of nitrogens with one attached hydrogen (secondary N) is 8. The van der Waals surface area contributed by atoms with Gasteiger partial charge in [-0.3, -0.25) is 57.7 Å². The molecule has 1 saturated heterocycles. The SMILES string of the molecule is CCN1CCN(CC(=O)O)CCN(CC(=O)O)CCN(CC(=O)N[C@H](CCC(=O)NC)C(=O)NCCCOCCOCCOCCCNC(=O)CCCOc2cc(C)c(S(=O)(=O)N[C@@H](CNC(=O)c3ccc4c(cnn4CCCNc4ncc[nH]4)c3)C(=O)O)c(C)c2)CC1. The normalized spacial score (nSPS) is 14.6. The van der Waals surface area contributed by atoms with Crippen LogP contribution < -0.4 is 41.4 Å². The molecule has 1 aliphatic heterocycles. The second kappa shape index (κ2) is 41.7. The summed E-state index contributed by atoms with van der Waals surface area (Å²) in [7, 11) is -2.91. The van der Waals surface area contributed by atoms with E-state index in [0.29, 0.717) is 166 Å². The average molecular weight is 1340 g/mol. The first-order chi connectivity index (χ1) is 45.1. The number of nitrogens with zero attached hydrogens (tertiary/aromatic N) is 7. The van der Waals surface area contributed by atoms with Gasteiger partial charge in [-0.2, -0.15) is 9.82 Å². The Bertz CT molecular complexity index is 3130. The minimum Gasteiger partial charge on any atom is -0.494 e. The molecule has 5 rings (SSSR count). The number of amides is 5. The van der Waals surface area contributed by atoms with Crippen molar-refractivity contribution < 1.29 is 81.0 Å². The smallest absolute Gasteiger partial charge is 0.323 e. The zero-order chi connectivity index (χ0) is 68.3. The monoisotopic (exact) mass is 1340 g/mol. The Morgan fingerprint density at radius 1 is 0.660 bits per heavy atom. The van der Waals surface area contributed by atoms with Gasteiger partial charge in [-0.15, -0.1) is 0 Å². The van der Waals surface area contributed by atoms with Gasteiger partial charge < -0.3 is 76.1 Å². The summed E-state index contributed by atoms with van der Waals surface area (Å²) in [5, 5.41) is 50.8. The number of carboxylic acids is 3. The van der Waals surface area contributed by atoms with E-state index in [9.17, 15) is 62.1 Å². The Morgan fingerprint density at radius 3 is 1.83 bits per heavy atom. The number of anilines is 1. The lowest BCUT2D eigenvalue weighted by Crippen LogP contribution is -2.52. The number of aromatic amines is 1. The van der Waals surface area contributed by atoms with E-state index in [0.717, 1.165) is 11.9 Å². The van der Waals surface area contributed by atoms with E-state index in [4.69, 9.17) is 18.9 Å². The Hall–Kier alpha value is -7.89. The van der Waals surface area contributed by atoms with Crippen molar-refractivity contribution in [3.05, 3.63) is 65.6 Å². The minimum atomic E-state index is -4.39. The van der Waals surface area contributed by atoms with Crippen LogP contribution in [0.15, 0.2) is 53.8 Å². The van der Waals surface area contributed by atoms with E-state index in [2.05, 4.69) is 56.6 Å². The number of sulfonamides is 1. The number of hydrogen-bond acceptors (Lipinski definition) is 21. The Labute approximate surface area is 547 Å². The molecule has 5 amide bonds. The largest absolute Gasteiger partial charge is 0.494 e. The lowest BCUT2D eigenvalue weighted by molar-refractivity contribution is -0.140. The lowest BCUT2D eigenvalue weighted by Gasteiger charge is -2.33. The van der Waals surface area contributed by atoms with Crippen LogP contribution in [0.25, 0.3) is 10.9 Å². The Kier molecular flexibility index (Phi) is 34.1. The van der Waals surface area contributed by atoms with E-state index in [1.165, 1.54) is 19.2 Å². The predicted octanol–water partition coefficient (Wildman–Crippen LogP) is -0.317. The standard InChI is InChI=1S/C61H95N15O17S/c1-5-72-21-23-73(25-26-75(43-56(82)83)28-27-74(24-22-72)42-55(80)81)41-54(79)70-49(12-14-52(77)62-4)59(85)64-17-9-30-91-33-35-92-34-32-90-29-8-16-63-53(78)10-6-31-93-48-36-44(2)57(45(3)37-48)94(88,89)71-50(60(86)87)40-68-58(84)46-11-13-51-47(38-46)39-69-76(51)20-7-15-65-61-66-18-19-67-61/h11,13,18-19,36-39,49-50,71H,5-10,12,14-17,20-35,40-43H2,1-4H3,(H,62,77)(H,63,78)(H,64,85)(H,68,84)(H,70,79)(H,80,81)(H,82,83)(H,86,87)(H2,65,66,67)/t49-,50+/m1/s1. The van der Waals surface area contributed by atoms with Gasteiger partial charge in [0.25, 0.3) is 5.91 Å². The number of aliphatic carboxylic acids is 3. The van der Waals surface area contributed by atoms with Gasteiger partial charge in [0, 0.05) is 142 Å². The summed E-state index contributed by atoms with van der Waals surface area (Å²) in [6.45, 7) is 12.3. The number of H-pyrrole nitrogens is 1. The third-order valence-corrected chi connectivity index (χ3v) is 16.9. The maximum absolute atomic E-state index is 13.6. The molecule has 11 N–H and O–H groups in total. The van der Waals surface area contributed by atoms with E-state index < -0.39 is 64.3 Å². The van der Waals surface area contributed by atoms with E-state index >= 15 is 0 Å². The number of rotatable bonds is 43. The maximum Gasteiger partial charge on any atom is 0.323 e. The van der Waals surface area contributed by atoms with Crippen molar-refractivity contribution in [2.75, 3.05) is 163 Å². The minimum absolute atomic E-state index is 0.00109. The van der Waals surface area contributed by atoms with Gasteiger partial charge in [0.2, 0.25) is 33.7 Å². The van der Waals surface area contributed by atoms with E-state index in [1.54, 1.807) is 60.4 Å². The maximum atomic E-state index is 13.6. The molecule has 2 aromatic heterocycles. The van der Waals surface area contributed by atoms with Gasteiger partial charge in [-0.25, -0.2) is 13.4 Å². The number of carbonyl (C=O) groups excluding carboxylic acids is 5. The van der Waals surface area contributed by atoms with Crippen LogP contribution in [0.4, 0.5) is 5.95 Å². The van der Waals surface area contributed by atoms with Gasteiger partial charge in [0.1, 0.15) is 17.8 Å². The topological polar surface area (TPSA) is 412 Å². The molecule has 0 bridgehead atoms. The highest BCUT2D eigenvalue weighted by Crippen LogP contribution is 2.26. The first kappa shape index (κ1) is 76.8. The van der Waals surface area contributed by atoms with Crippen LogP contribution in [0.5, 0.6) is 5.75 Å². The van der Waals surface area contributed by atoms with Gasteiger partial charge in [0.15, 0.2) is 5.95 Å². The van der Waals surface area contributed by atoms with Gasteiger partial charge in [-0.05, 0) is 94.0 Å². The van der Waals surface area contributed by atoms with Gasteiger partial charge in [-0.1, -0.05) is 6.92 Å². The molecule has 1 fully saturated rings. The van der Waals surface area contributed by atoms with Crippen molar-refractivity contribution in [3.8, 4) is 5.75 Å². The molecule has 0 spiro atoms. The molecule has 94 heavy (non-hydrogen) atoms.